The summed E-state index contributed by atoms with van der Waals surface area (Å²) in [5.41, 5.74) is -1.40. The fourth-order valence-electron chi connectivity index (χ4n) is 9.08. The van der Waals surface area contributed by atoms with E-state index in [1.54, 1.807) is 97.1 Å². The first-order valence-corrected chi connectivity index (χ1v) is 22.1. The lowest BCUT2D eigenvalue weighted by Gasteiger charge is -2.28. The second-order valence-corrected chi connectivity index (χ2v) is 18.3. The first-order chi connectivity index (χ1) is 32.3. The summed E-state index contributed by atoms with van der Waals surface area (Å²) in [7, 11) is 0. The molecule has 2 heterocycles. The summed E-state index contributed by atoms with van der Waals surface area (Å²) in [6, 6.07) is 30.9. The van der Waals surface area contributed by atoms with Gasteiger partial charge in [-0.25, -0.2) is 17.6 Å². The number of ketones is 4. The zero-order valence-corrected chi connectivity index (χ0v) is 35.8. The van der Waals surface area contributed by atoms with Gasteiger partial charge in [0.05, 0.1) is 11.1 Å². The van der Waals surface area contributed by atoms with Crippen molar-refractivity contribution < 1.29 is 55.8 Å². The highest BCUT2D eigenvalue weighted by Crippen LogP contribution is 2.54. The van der Waals surface area contributed by atoms with Crippen LogP contribution in [0.15, 0.2) is 121 Å². The summed E-state index contributed by atoms with van der Waals surface area (Å²) in [6.07, 6.45) is 2.75. The molecule has 0 radical (unpaired) electrons. The van der Waals surface area contributed by atoms with E-state index in [9.17, 15) is 36.7 Å². The van der Waals surface area contributed by atoms with Crippen molar-refractivity contribution in [1.29, 1.82) is 0 Å². The van der Waals surface area contributed by atoms with Crippen LogP contribution in [0.4, 0.5) is 17.6 Å². The molecule has 14 heteroatoms. The molecule has 0 unspecified atom stereocenters. The summed E-state index contributed by atoms with van der Waals surface area (Å²) in [4.78, 5) is 83.1. The fourth-order valence-corrected chi connectivity index (χ4v) is 11.1. The van der Waals surface area contributed by atoms with E-state index in [0.29, 0.717) is 64.3 Å². The molecule has 8 nitrogen and oxygen atoms in total. The number of carbonyl (C=O) groups excluding carboxylic acids is 6. The highest BCUT2D eigenvalue weighted by molar-refractivity contribution is 7.20. The molecule has 0 saturated heterocycles. The first-order valence-electron chi connectivity index (χ1n) is 20.5. The summed E-state index contributed by atoms with van der Waals surface area (Å²) >= 11 is 2.38. The van der Waals surface area contributed by atoms with Crippen LogP contribution < -0.4 is 0 Å². The van der Waals surface area contributed by atoms with E-state index in [1.807, 2.05) is 0 Å². The summed E-state index contributed by atoms with van der Waals surface area (Å²) in [5, 5.41) is 1.03. The first kappa shape index (κ1) is 41.7. The minimum absolute atomic E-state index is 0.176. The maximum Gasteiger partial charge on any atom is 0.333 e. The number of fused-ring (bicyclic) bond motifs is 7. The van der Waals surface area contributed by atoms with E-state index in [1.165, 1.54) is 34.8 Å². The lowest BCUT2D eigenvalue weighted by molar-refractivity contribution is -0.164. The quantitative estimate of drug-likeness (QED) is 0.0486. The number of thiophene rings is 2. The molecular weight excluding hydrogens is 905 g/mol. The average molecular weight is 931 g/mol. The zero-order valence-electron chi connectivity index (χ0n) is 34.2. The highest BCUT2D eigenvalue weighted by Gasteiger charge is 2.58. The van der Waals surface area contributed by atoms with Crippen molar-refractivity contribution in [2.75, 3.05) is 0 Å². The Labute approximate surface area is 384 Å². The lowest BCUT2D eigenvalue weighted by atomic mass is 9.77. The Morgan fingerprint density at radius 1 is 0.493 bits per heavy atom. The number of esters is 2. The standard InChI is InChI=1S/C53H26F4O8S2/c54-29-15-35-37(47(58)49(60)45(35)41(56)17-29)19-31-11-27-13-39-33(21-43(27)66-31)34-22-44-28(12-32(67-44)20-38-36-16-30(55)18-42(57)46(36)50(61)48(38)59)14-40(34)53(39,51(62)64-23-25-7-3-1-4-8-25)52(63)65-24-26-9-5-2-6-10-26/h1-22H,23-24H2/b37-19-,38-20-. The Morgan fingerprint density at radius 2 is 0.896 bits per heavy atom. The third kappa shape index (κ3) is 6.62. The van der Waals surface area contributed by atoms with Crippen molar-refractivity contribution in [1.82, 2.24) is 0 Å². The average Bonchev–Trinajstić information content (AvgIpc) is 4.08. The van der Waals surface area contributed by atoms with E-state index in [-0.39, 0.29) is 46.6 Å². The Kier molecular flexibility index (Phi) is 9.72. The van der Waals surface area contributed by atoms with Gasteiger partial charge in [-0.05, 0) is 105 Å². The smallest absolute Gasteiger partial charge is 0.333 e. The zero-order chi connectivity index (χ0) is 46.5. The number of rotatable bonds is 8. The molecule has 0 spiro atoms. The fraction of sp³-hybridized carbons (Fsp3) is 0.0566. The van der Waals surface area contributed by atoms with Gasteiger partial charge in [-0.3, -0.25) is 28.8 Å². The molecule has 0 atom stereocenters. The number of allylic oxidation sites excluding steroid dienone is 2. The molecule has 67 heavy (non-hydrogen) atoms. The third-order valence-electron chi connectivity index (χ3n) is 12.1. The van der Waals surface area contributed by atoms with Crippen molar-refractivity contribution in [3.63, 3.8) is 0 Å². The van der Waals surface area contributed by atoms with E-state index in [4.69, 9.17) is 9.47 Å². The van der Waals surface area contributed by atoms with Crippen LogP contribution in [-0.2, 0) is 47.3 Å². The number of hydrogen-bond acceptors (Lipinski definition) is 10. The van der Waals surface area contributed by atoms with Crippen molar-refractivity contribution in [3.05, 3.63) is 199 Å². The molecule has 0 aliphatic heterocycles. The molecular formula is C53H26F4O8S2. The van der Waals surface area contributed by atoms with Gasteiger partial charge < -0.3 is 9.47 Å². The molecule has 0 N–H and O–H groups in total. The van der Waals surface area contributed by atoms with Crippen molar-refractivity contribution in [2.24, 2.45) is 0 Å². The Balaban J connectivity index is 1.10. The summed E-state index contributed by atoms with van der Waals surface area (Å²) in [5.74, 6) is -10.3. The Bertz CT molecular complexity index is 3400. The van der Waals surface area contributed by atoms with Gasteiger partial charge >= 0.3 is 11.9 Å². The highest BCUT2D eigenvalue weighted by atomic mass is 32.1. The number of ether oxygens (including phenoxy) is 2. The Morgan fingerprint density at radius 3 is 1.30 bits per heavy atom. The van der Waals surface area contributed by atoms with Gasteiger partial charge in [0.2, 0.25) is 28.5 Å². The van der Waals surface area contributed by atoms with Crippen LogP contribution in [0.2, 0.25) is 0 Å². The van der Waals surface area contributed by atoms with E-state index in [0.717, 1.165) is 12.1 Å². The van der Waals surface area contributed by atoms with Gasteiger partial charge in [0.1, 0.15) is 36.5 Å². The van der Waals surface area contributed by atoms with Crippen LogP contribution >= 0.6 is 22.7 Å². The molecule has 0 saturated carbocycles. The molecule has 3 aliphatic rings. The van der Waals surface area contributed by atoms with Crippen LogP contribution in [0.5, 0.6) is 0 Å². The molecule has 11 rings (SSSR count). The molecule has 6 aromatic carbocycles. The van der Waals surface area contributed by atoms with Gasteiger partial charge in [0.15, 0.2) is 0 Å². The number of benzene rings is 6. The maximum absolute atomic E-state index is 15.1. The SMILES string of the molecule is O=C1C(=O)c2c(F)cc(F)cc2/C1=C/c1cc2cc3c(cc2s1)-c1cc2sc(/C=C4\C(=O)C(=O)c5c(F)cc(F)cc54)cc2cc1C3(C(=O)OCc1ccccc1)C(=O)OCc1ccccc1. The Hall–Kier alpha value is -7.94. The van der Waals surface area contributed by atoms with Crippen molar-refractivity contribution in [3.8, 4) is 11.1 Å². The lowest BCUT2D eigenvalue weighted by Crippen LogP contribution is -2.45. The van der Waals surface area contributed by atoms with E-state index >= 15 is 9.59 Å². The van der Waals surface area contributed by atoms with Gasteiger partial charge in [-0.1, -0.05) is 60.7 Å². The molecule has 0 bridgehead atoms. The second kappa shape index (κ2) is 15.6. The van der Waals surface area contributed by atoms with Crippen molar-refractivity contribution >= 4 is 101 Å². The number of carbonyl (C=O) groups is 6. The molecule has 8 aromatic rings. The summed E-state index contributed by atoms with van der Waals surface area (Å²) in [6.45, 7) is -0.417. The van der Waals surface area contributed by atoms with Gasteiger partial charge in [0.25, 0.3) is 0 Å². The van der Waals surface area contributed by atoms with Crippen LogP contribution in [0.25, 0.3) is 54.6 Å². The molecule has 326 valence electrons. The third-order valence-corrected chi connectivity index (χ3v) is 14.2. The second-order valence-electron chi connectivity index (χ2n) is 16.1. The van der Waals surface area contributed by atoms with E-state index in [2.05, 4.69) is 0 Å². The van der Waals surface area contributed by atoms with E-state index < -0.39 is 74.9 Å². The minimum atomic E-state index is -2.25. The predicted octanol–water partition coefficient (Wildman–Crippen LogP) is 11.0. The van der Waals surface area contributed by atoms with Gasteiger partial charge in [0, 0.05) is 53.6 Å². The minimum Gasteiger partial charge on any atom is -0.459 e. The number of halogens is 4. The topological polar surface area (TPSA) is 121 Å². The summed E-state index contributed by atoms with van der Waals surface area (Å²) < 4.78 is 71.6. The van der Waals surface area contributed by atoms with Gasteiger partial charge in [-0.15, -0.1) is 22.7 Å². The monoisotopic (exact) mass is 930 g/mol. The van der Waals surface area contributed by atoms with Crippen LogP contribution in [0.3, 0.4) is 0 Å². The number of hydrogen-bond donors (Lipinski definition) is 0. The van der Waals surface area contributed by atoms with Crippen LogP contribution in [0, 0.1) is 23.3 Å². The van der Waals surface area contributed by atoms with Crippen molar-refractivity contribution in [2.45, 2.75) is 18.6 Å². The molecule has 0 fully saturated rings. The normalized spacial score (nSPS) is 15.7. The van der Waals surface area contributed by atoms with Gasteiger partial charge in [-0.2, -0.15) is 0 Å². The molecule has 0 amide bonds. The molecule has 3 aliphatic carbocycles. The largest absolute Gasteiger partial charge is 0.459 e. The van der Waals surface area contributed by atoms with Crippen LogP contribution in [0.1, 0.15) is 63.9 Å². The maximum atomic E-state index is 15.1. The number of Topliss-reactive ketones (excluding diaryl/α,β-unsaturated/α-hetero) is 4. The predicted molar refractivity (Wildman–Crippen MR) is 243 cm³/mol. The van der Waals surface area contributed by atoms with Crippen LogP contribution in [-0.4, -0.2) is 35.1 Å². The molecule has 2 aromatic heterocycles.